The Morgan fingerprint density at radius 1 is 1.22 bits per heavy atom. The second-order valence-electron chi connectivity index (χ2n) is 5.45. The van der Waals surface area contributed by atoms with Gasteiger partial charge < -0.3 is 10.0 Å². The molecule has 0 spiro atoms. The first kappa shape index (κ1) is 11.7. The molecule has 1 aromatic carbocycles. The molecule has 0 bridgehead atoms. The van der Waals surface area contributed by atoms with E-state index in [2.05, 4.69) is 12.1 Å². The smallest absolute Gasteiger partial charge is 0.226 e. The molecule has 3 rings (SSSR count). The maximum absolute atomic E-state index is 12.4. The number of hydrogen-bond donors (Lipinski definition) is 1. The summed E-state index contributed by atoms with van der Waals surface area (Å²) in [7, 11) is 0. The molecule has 96 valence electrons. The van der Waals surface area contributed by atoms with Crippen LogP contribution in [-0.4, -0.2) is 35.1 Å². The Hall–Kier alpha value is -1.35. The third kappa shape index (κ3) is 2.15. The standard InChI is InChI=1S/C15H19NO2/c17-14-6-3-7-16(10-14)15(18)13-8-11-4-1-2-5-12(11)9-13/h1-2,4-5,13-14,17H,3,6-10H2. The van der Waals surface area contributed by atoms with E-state index in [1.165, 1.54) is 11.1 Å². The molecule has 3 heteroatoms. The Labute approximate surface area is 107 Å². The summed E-state index contributed by atoms with van der Waals surface area (Å²) in [4.78, 5) is 14.3. The van der Waals surface area contributed by atoms with E-state index in [1.54, 1.807) is 0 Å². The van der Waals surface area contributed by atoms with Crippen LogP contribution in [0, 0.1) is 5.92 Å². The minimum atomic E-state index is -0.327. The average Bonchev–Trinajstić information content (AvgIpc) is 2.81. The van der Waals surface area contributed by atoms with Gasteiger partial charge in [0, 0.05) is 19.0 Å². The monoisotopic (exact) mass is 245 g/mol. The molecule has 3 nitrogen and oxygen atoms in total. The third-order valence-electron chi connectivity index (χ3n) is 4.11. The van der Waals surface area contributed by atoms with Crippen molar-refractivity contribution >= 4 is 5.91 Å². The second kappa shape index (κ2) is 4.73. The second-order valence-corrected chi connectivity index (χ2v) is 5.45. The lowest BCUT2D eigenvalue weighted by atomic mass is 10.0. The van der Waals surface area contributed by atoms with Crippen LogP contribution in [0.3, 0.4) is 0 Å². The molecule has 18 heavy (non-hydrogen) atoms. The van der Waals surface area contributed by atoms with Crippen molar-refractivity contribution in [1.82, 2.24) is 4.90 Å². The lowest BCUT2D eigenvalue weighted by molar-refractivity contribution is -0.138. The van der Waals surface area contributed by atoms with E-state index in [4.69, 9.17) is 0 Å². The van der Waals surface area contributed by atoms with Gasteiger partial charge in [0.2, 0.25) is 5.91 Å². The molecule has 1 amide bonds. The molecule has 1 saturated heterocycles. The highest BCUT2D eigenvalue weighted by molar-refractivity contribution is 5.80. The number of carbonyl (C=O) groups excluding carboxylic acids is 1. The van der Waals surface area contributed by atoms with Gasteiger partial charge in [-0.2, -0.15) is 0 Å². The summed E-state index contributed by atoms with van der Waals surface area (Å²) in [5, 5.41) is 9.65. The van der Waals surface area contributed by atoms with E-state index >= 15 is 0 Å². The number of carbonyl (C=O) groups is 1. The maximum Gasteiger partial charge on any atom is 0.226 e. The number of hydrogen-bond acceptors (Lipinski definition) is 2. The van der Waals surface area contributed by atoms with Crippen molar-refractivity contribution in [3.8, 4) is 0 Å². The van der Waals surface area contributed by atoms with Crippen molar-refractivity contribution in [1.29, 1.82) is 0 Å². The van der Waals surface area contributed by atoms with Crippen LogP contribution in [0.1, 0.15) is 24.0 Å². The van der Waals surface area contributed by atoms with Crippen LogP contribution in [0.5, 0.6) is 0 Å². The van der Waals surface area contributed by atoms with E-state index in [1.807, 2.05) is 17.0 Å². The number of piperidine rings is 1. The molecule has 1 aromatic rings. The molecule has 1 heterocycles. The fraction of sp³-hybridized carbons (Fsp3) is 0.533. The quantitative estimate of drug-likeness (QED) is 0.812. The lowest BCUT2D eigenvalue weighted by Crippen LogP contribution is -2.45. The summed E-state index contributed by atoms with van der Waals surface area (Å²) in [6.45, 7) is 1.33. The molecule has 0 aromatic heterocycles. The highest BCUT2D eigenvalue weighted by atomic mass is 16.3. The average molecular weight is 245 g/mol. The number of likely N-dealkylation sites (tertiary alicyclic amines) is 1. The molecule has 0 radical (unpaired) electrons. The Morgan fingerprint density at radius 2 is 1.89 bits per heavy atom. The molecule has 1 unspecified atom stereocenters. The molecule has 1 atom stereocenters. The predicted octanol–water partition coefficient (Wildman–Crippen LogP) is 1.38. The van der Waals surface area contributed by atoms with Crippen LogP contribution in [0.15, 0.2) is 24.3 Å². The lowest BCUT2D eigenvalue weighted by Gasteiger charge is -2.32. The molecule has 2 aliphatic rings. The van der Waals surface area contributed by atoms with Gasteiger partial charge in [0.15, 0.2) is 0 Å². The molecule has 1 fully saturated rings. The van der Waals surface area contributed by atoms with E-state index in [9.17, 15) is 9.90 Å². The number of amides is 1. The summed E-state index contributed by atoms with van der Waals surface area (Å²) in [6.07, 6.45) is 3.15. The Balaban J connectivity index is 1.68. The number of fused-ring (bicyclic) bond motifs is 1. The molecular weight excluding hydrogens is 226 g/mol. The third-order valence-corrected chi connectivity index (χ3v) is 4.11. The zero-order valence-electron chi connectivity index (χ0n) is 10.5. The molecule has 0 saturated carbocycles. The number of β-amino-alcohol motifs (C(OH)–C–C–N with tert-alkyl or cyclic N) is 1. The first-order chi connectivity index (χ1) is 8.74. The van der Waals surface area contributed by atoms with Crippen LogP contribution in [0.2, 0.25) is 0 Å². The molecular formula is C15H19NO2. The van der Waals surface area contributed by atoms with Gasteiger partial charge >= 0.3 is 0 Å². The van der Waals surface area contributed by atoms with Crippen molar-refractivity contribution in [3.05, 3.63) is 35.4 Å². The topological polar surface area (TPSA) is 40.5 Å². The largest absolute Gasteiger partial charge is 0.391 e. The van der Waals surface area contributed by atoms with E-state index in [-0.39, 0.29) is 17.9 Å². The zero-order chi connectivity index (χ0) is 12.5. The number of benzene rings is 1. The van der Waals surface area contributed by atoms with Crippen LogP contribution < -0.4 is 0 Å². The number of aliphatic hydroxyl groups excluding tert-OH is 1. The number of aliphatic hydroxyl groups is 1. The summed E-state index contributed by atoms with van der Waals surface area (Å²) in [5.74, 6) is 0.317. The summed E-state index contributed by atoms with van der Waals surface area (Å²) >= 11 is 0. The van der Waals surface area contributed by atoms with Crippen molar-refractivity contribution in [3.63, 3.8) is 0 Å². The minimum absolute atomic E-state index is 0.0905. The van der Waals surface area contributed by atoms with Gasteiger partial charge in [0.25, 0.3) is 0 Å². The van der Waals surface area contributed by atoms with E-state index in [0.717, 1.165) is 32.2 Å². The van der Waals surface area contributed by atoms with Crippen LogP contribution in [0.4, 0.5) is 0 Å². The number of nitrogens with zero attached hydrogens (tertiary/aromatic N) is 1. The Kier molecular flexibility index (Phi) is 3.08. The minimum Gasteiger partial charge on any atom is -0.391 e. The highest BCUT2D eigenvalue weighted by Gasteiger charge is 2.32. The van der Waals surface area contributed by atoms with Gasteiger partial charge in [-0.1, -0.05) is 24.3 Å². The van der Waals surface area contributed by atoms with Crippen LogP contribution >= 0.6 is 0 Å². The normalized spacial score (nSPS) is 24.1. The SMILES string of the molecule is O=C(C1Cc2ccccc2C1)N1CCCC(O)C1. The fourth-order valence-electron chi connectivity index (χ4n) is 3.15. The Bertz CT molecular complexity index is 433. The summed E-state index contributed by atoms with van der Waals surface area (Å²) < 4.78 is 0. The van der Waals surface area contributed by atoms with Crippen LogP contribution in [-0.2, 0) is 17.6 Å². The van der Waals surface area contributed by atoms with E-state index in [0.29, 0.717) is 6.54 Å². The van der Waals surface area contributed by atoms with E-state index < -0.39 is 0 Å². The summed E-state index contributed by atoms with van der Waals surface area (Å²) in [5.41, 5.74) is 2.63. The number of rotatable bonds is 1. The van der Waals surface area contributed by atoms with Gasteiger partial charge in [0.1, 0.15) is 0 Å². The van der Waals surface area contributed by atoms with Crippen molar-refractivity contribution in [2.75, 3.05) is 13.1 Å². The first-order valence-electron chi connectivity index (χ1n) is 6.77. The molecule has 1 N–H and O–H groups in total. The van der Waals surface area contributed by atoms with Gasteiger partial charge in [-0.25, -0.2) is 0 Å². The van der Waals surface area contributed by atoms with Crippen molar-refractivity contribution in [2.45, 2.75) is 31.8 Å². The molecule has 1 aliphatic carbocycles. The highest BCUT2D eigenvalue weighted by Crippen LogP contribution is 2.28. The van der Waals surface area contributed by atoms with Crippen molar-refractivity contribution < 1.29 is 9.90 Å². The zero-order valence-corrected chi connectivity index (χ0v) is 10.5. The summed E-state index contributed by atoms with van der Waals surface area (Å²) in [6, 6.07) is 8.31. The first-order valence-corrected chi connectivity index (χ1v) is 6.77. The van der Waals surface area contributed by atoms with Gasteiger partial charge in [0.05, 0.1) is 6.10 Å². The Morgan fingerprint density at radius 3 is 2.50 bits per heavy atom. The van der Waals surface area contributed by atoms with Crippen molar-refractivity contribution in [2.24, 2.45) is 5.92 Å². The maximum atomic E-state index is 12.4. The predicted molar refractivity (Wildman–Crippen MR) is 69.2 cm³/mol. The molecule has 1 aliphatic heterocycles. The van der Waals surface area contributed by atoms with Gasteiger partial charge in [-0.3, -0.25) is 4.79 Å². The van der Waals surface area contributed by atoms with Gasteiger partial charge in [-0.15, -0.1) is 0 Å². The fourth-order valence-corrected chi connectivity index (χ4v) is 3.15. The van der Waals surface area contributed by atoms with Crippen LogP contribution in [0.25, 0.3) is 0 Å². The van der Waals surface area contributed by atoms with Gasteiger partial charge in [-0.05, 0) is 36.8 Å².